The molecule has 7 nitrogen and oxygen atoms in total. The van der Waals surface area contributed by atoms with Gasteiger partial charge in [0.1, 0.15) is 11.8 Å². The summed E-state index contributed by atoms with van der Waals surface area (Å²) in [6.07, 6.45) is 1.18. The lowest BCUT2D eigenvalue weighted by Gasteiger charge is -2.54. The van der Waals surface area contributed by atoms with Crippen LogP contribution in [0.4, 0.5) is 0 Å². The molecule has 7 heteroatoms. The predicted octanol–water partition coefficient (Wildman–Crippen LogP) is 2.86. The Balaban J connectivity index is 1.54. The first-order chi connectivity index (χ1) is 16.0. The molecule has 2 aromatic carbocycles. The molecule has 1 N–H and O–H groups in total. The zero-order valence-electron chi connectivity index (χ0n) is 18.9. The van der Waals surface area contributed by atoms with Crippen LogP contribution in [0.5, 0.6) is 5.75 Å². The van der Waals surface area contributed by atoms with Crippen LogP contribution in [0.1, 0.15) is 29.2 Å². The van der Waals surface area contributed by atoms with Gasteiger partial charge in [-0.05, 0) is 37.1 Å². The third kappa shape index (κ3) is 3.59. The van der Waals surface area contributed by atoms with E-state index in [0.717, 1.165) is 22.4 Å². The van der Waals surface area contributed by atoms with Gasteiger partial charge in [-0.3, -0.25) is 14.6 Å². The SMILES string of the molecule is COc1cccc2c1[C@H](COCc1ccccc1)N1[C@@H](C#N)[C@@H]3C[C@@H](C(=O)O)[C@H]([C@@H]1C2)N3C. The number of hydrogen-bond acceptors (Lipinski definition) is 6. The smallest absolute Gasteiger partial charge is 0.308 e. The van der Waals surface area contributed by atoms with Crippen LogP contribution in [-0.2, 0) is 22.6 Å². The first-order valence-electron chi connectivity index (χ1n) is 11.4. The molecule has 2 aromatic rings. The predicted molar refractivity (Wildman–Crippen MR) is 122 cm³/mol. The van der Waals surface area contributed by atoms with E-state index in [4.69, 9.17) is 9.47 Å². The molecule has 172 valence electrons. The molecule has 0 aliphatic carbocycles. The molecule has 0 aromatic heterocycles. The Morgan fingerprint density at radius 3 is 2.67 bits per heavy atom. The van der Waals surface area contributed by atoms with E-state index in [1.807, 2.05) is 49.5 Å². The van der Waals surface area contributed by atoms with Gasteiger partial charge < -0.3 is 14.6 Å². The summed E-state index contributed by atoms with van der Waals surface area (Å²) >= 11 is 0. The average Bonchev–Trinajstić information content (AvgIpc) is 3.08. The molecule has 3 aliphatic heterocycles. The highest BCUT2D eigenvalue weighted by Gasteiger charge is 2.59. The number of fused-ring (bicyclic) bond motifs is 5. The van der Waals surface area contributed by atoms with Crippen LogP contribution >= 0.6 is 0 Å². The summed E-state index contributed by atoms with van der Waals surface area (Å²) in [5, 5.41) is 20.2. The Hall–Kier alpha value is -2.92. The van der Waals surface area contributed by atoms with Crippen molar-refractivity contribution < 1.29 is 19.4 Å². The number of aliphatic carboxylic acids is 1. The maximum atomic E-state index is 12.1. The maximum absolute atomic E-state index is 12.1. The molecule has 5 rings (SSSR count). The van der Waals surface area contributed by atoms with Gasteiger partial charge in [0, 0.05) is 23.7 Å². The second kappa shape index (κ2) is 8.79. The molecular formula is C26H29N3O4. The molecule has 3 heterocycles. The van der Waals surface area contributed by atoms with Gasteiger partial charge in [-0.15, -0.1) is 0 Å². The summed E-state index contributed by atoms with van der Waals surface area (Å²) in [7, 11) is 3.64. The summed E-state index contributed by atoms with van der Waals surface area (Å²) in [5.74, 6) is -0.470. The number of ether oxygens (including phenoxy) is 2. The lowest BCUT2D eigenvalue weighted by Crippen LogP contribution is -2.67. The van der Waals surface area contributed by atoms with Gasteiger partial charge in [-0.2, -0.15) is 5.26 Å². The number of carboxylic acid groups (broad SMARTS) is 1. The second-order valence-corrected chi connectivity index (χ2v) is 9.25. The molecule has 2 bridgehead atoms. The van der Waals surface area contributed by atoms with Crippen LogP contribution in [-0.4, -0.2) is 65.8 Å². The average molecular weight is 448 g/mol. The first-order valence-corrected chi connectivity index (χ1v) is 11.4. The maximum Gasteiger partial charge on any atom is 0.308 e. The molecule has 2 fully saturated rings. The van der Waals surface area contributed by atoms with E-state index in [9.17, 15) is 15.2 Å². The van der Waals surface area contributed by atoms with Gasteiger partial charge in [-0.25, -0.2) is 0 Å². The van der Waals surface area contributed by atoms with E-state index in [1.54, 1.807) is 7.11 Å². The van der Waals surface area contributed by atoms with Crippen molar-refractivity contribution >= 4 is 5.97 Å². The van der Waals surface area contributed by atoms with Crippen LogP contribution in [0.3, 0.4) is 0 Å². The largest absolute Gasteiger partial charge is 0.496 e. The number of carboxylic acids is 1. The number of nitriles is 1. The Morgan fingerprint density at radius 2 is 1.97 bits per heavy atom. The molecule has 3 aliphatic rings. The summed E-state index contributed by atoms with van der Waals surface area (Å²) in [4.78, 5) is 16.5. The van der Waals surface area contributed by atoms with Crippen molar-refractivity contribution in [2.45, 2.75) is 49.7 Å². The molecule has 0 spiro atoms. The van der Waals surface area contributed by atoms with Crippen molar-refractivity contribution in [2.75, 3.05) is 20.8 Å². The van der Waals surface area contributed by atoms with Crippen molar-refractivity contribution in [1.29, 1.82) is 5.26 Å². The van der Waals surface area contributed by atoms with Crippen LogP contribution in [0.2, 0.25) is 0 Å². The topological polar surface area (TPSA) is 86.0 Å². The van der Waals surface area contributed by atoms with Crippen molar-refractivity contribution in [2.24, 2.45) is 5.92 Å². The van der Waals surface area contributed by atoms with Gasteiger partial charge in [-0.1, -0.05) is 42.5 Å². The summed E-state index contributed by atoms with van der Waals surface area (Å²) in [6.45, 7) is 0.875. The third-order valence-corrected chi connectivity index (χ3v) is 7.70. The van der Waals surface area contributed by atoms with Gasteiger partial charge in [0.05, 0.1) is 38.4 Å². The van der Waals surface area contributed by atoms with E-state index < -0.39 is 17.9 Å². The Kier molecular flexibility index (Phi) is 5.83. The molecule has 0 saturated carbocycles. The van der Waals surface area contributed by atoms with Crippen molar-refractivity contribution in [3.05, 3.63) is 65.2 Å². The minimum atomic E-state index is -0.777. The lowest BCUT2D eigenvalue weighted by atomic mass is 9.80. The van der Waals surface area contributed by atoms with Crippen molar-refractivity contribution in [3.8, 4) is 11.8 Å². The fraction of sp³-hybridized carbons (Fsp3) is 0.462. The second-order valence-electron chi connectivity index (χ2n) is 9.25. The van der Waals surface area contributed by atoms with E-state index >= 15 is 0 Å². The van der Waals surface area contributed by atoms with E-state index in [1.165, 1.54) is 0 Å². The summed E-state index contributed by atoms with van der Waals surface area (Å²) in [6, 6.07) is 17.6. The molecular weight excluding hydrogens is 418 g/mol. The number of likely N-dealkylation sites (N-methyl/N-ethyl adjacent to an activating group) is 1. The standard InChI is InChI=1S/C26H29N3O4/c1-28-19-12-18(26(30)31)25(28)20-11-17-9-6-10-23(32-2)24(17)22(29(20)21(19)13-27)15-33-14-16-7-4-3-5-8-16/h3-10,18-22,25H,11-12,14-15H2,1-2H3,(H,30,31)/t18-,19+,20+,21+,22+,25-/m1/s1. The Bertz CT molecular complexity index is 1070. The normalized spacial score (nSPS) is 30.8. The third-order valence-electron chi connectivity index (χ3n) is 7.70. The summed E-state index contributed by atoms with van der Waals surface area (Å²) in [5.41, 5.74) is 3.29. The summed E-state index contributed by atoms with van der Waals surface area (Å²) < 4.78 is 11.9. The van der Waals surface area contributed by atoms with E-state index in [-0.39, 0.29) is 24.2 Å². The van der Waals surface area contributed by atoms with E-state index in [0.29, 0.717) is 26.1 Å². The van der Waals surface area contributed by atoms with Crippen LogP contribution in [0.15, 0.2) is 48.5 Å². The van der Waals surface area contributed by atoms with Gasteiger partial charge in [0.25, 0.3) is 0 Å². The van der Waals surface area contributed by atoms with Crippen LogP contribution in [0.25, 0.3) is 0 Å². The van der Waals surface area contributed by atoms with Crippen LogP contribution in [0, 0.1) is 17.2 Å². The highest BCUT2D eigenvalue weighted by Crippen LogP contribution is 2.49. The first kappa shape index (κ1) is 21.9. The molecule has 0 amide bonds. The van der Waals surface area contributed by atoms with Gasteiger partial charge in [0.2, 0.25) is 0 Å². The monoisotopic (exact) mass is 447 g/mol. The van der Waals surface area contributed by atoms with Crippen LogP contribution < -0.4 is 4.74 Å². The van der Waals surface area contributed by atoms with Crippen molar-refractivity contribution in [3.63, 3.8) is 0 Å². The number of carbonyl (C=O) groups is 1. The minimum Gasteiger partial charge on any atom is -0.496 e. The number of rotatable bonds is 6. The molecule has 0 radical (unpaired) electrons. The molecule has 2 saturated heterocycles. The fourth-order valence-electron chi connectivity index (χ4n) is 6.32. The molecule has 6 atom stereocenters. The van der Waals surface area contributed by atoms with Crippen molar-refractivity contribution in [1.82, 2.24) is 9.80 Å². The molecule has 0 unspecified atom stereocenters. The molecule has 33 heavy (non-hydrogen) atoms. The quantitative estimate of drug-likeness (QED) is 0.729. The number of hydrogen-bond donors (Lipinski definition) is 1. The Labute approximate surface area is 194 Å². The van der Waals surface area contributed by atoms with Gasteiger partial charge >= 0.3 is 5.97 Å². The lowest BCUT2D eigenvalue weighted by molar-refractivity contribution is -0.144. The minimum absolute atomic E-state index is 0.0792. The number of benzene rings is 2. The number of piperazine rings is 1. The number of methoxy groups -OCH3 is 1. The fourth-order valence-corrected chi connectivity index (χ4v) is 6.32. The Morgan fingerprint density at radius 1 is 1.18 bits per heavy atom. The van der Waals surface area contributed by atoms with E-state index in [2.05, 4.69) is 21.9 Å². The highest BCUT2D eigenvalue weighted by atomic mass is 16.5. The highest BCUT2D eigenvalue weighted by molar-refractivity contribution is 5.72. The number of nitrogens with zero attached hydrogens (tertiary/aromatic N) is 3. The zero-order valence-corrected chi connectivity index (χ0v) is 18.9. The van der Waals surface area contributed by atoms with Gasteiger partial charge in [0.15, 0.2) is 0 Å². The zero-order chi connectivity index (χ0) is 23.1.